The van der Waals surface area contributed by atoms with Crippen LogP contribution in [-0.4, -0.2) is 46.0 Å². The van der Waals surface area contributed by atoms with Crippen LogP contribution < -0.4 is 10.1 Å². The average Bonchev–Trinajstić information content (AvgIpc) is 2.91. The number of anilines is 1. The molecule has 20 heavy (non-hydrogen) atoms. The van der Waals surface area contributed by atoms with E-state index in [1.54, 1.807) is 12.3 Å². The average molecular weight is 278 g/mol. The summed E-state index contributed by atoms with van der Waals surface area (Å²) < 4.78 is 5.51. The largest absolute Gasteiger partial charge is 0.475 e. The molecule has 1 aromatic rings. The van der Waals surface area contributed by atoms with Crippen LogP contribution >= 0.6 is 0 Å². The van der Waals surface area contributed by atoms with Gasteiger partial charge in [-0.25, -0.2) is 4.98 Å². The summed E-state index contributed by atoms with van der Waals surface area (Å²) in [6, 6.07) is 1.38. The molecule has 1 aliphatic heterocycles. The summed E-state index contributed by atoms with van der Waals surface area (Å²) in [5.41, 5.74) is 0. The molecule has 1 aromatic heterocycles. The zero-order chi connectivity index (χ0) is 14.5. The van der Waals surface area contributed by atoms with E-state index in [1.165, 1.54) is 0 Å². The zero-order valence-corrected chi connectivity index (χ0v) is 12.3. The number of nitrogens with one attached hydrogen (secondary N) is 1. The number of nitrogens with zero attached hydrogens (tertiary/aromatic N) is 3. The van der Waals surface area contributed by atoms with Crippen LogP contribution in [0.2, 0.25) is 0 Å². The standard InChI is InChI=1S/C14H22N4O2/c1-10(2)20-12-6-7-15-14(17-12)16-11(3)13(19)18-8-4-5-9-18/h6-7,10-11H,4-5,8-9H2,1-3H3,(H,15,16,17). The van der Waals surface area contributed by atoms with Gasteiger partial charge in [-0.2, -0.15) is 4.98 Å². The second-order valence-corrected chi connectivity index (χ2v) is 5.28. The van der Waals surface area contributed by atoms with Gasteiger partial charge in [-0.1, -0.05) is 0 Å². The first-order valence-electron chi connectivity index (χ1n) is 7.11. The molecule has 1 saturated heterocycles. The van der Waals surface area contributed by atoms with Crippen LogP contribution in [0.4, 0.5) is 5.95 Å². The zero-order valence-electron chi connectivity index (χ0n) is 12.3. The van der Waals surface area contributed by atoms with Crippen molar-refractivity contribution in [2.45, 2.75) is 45.8 Å². The van der Waals surface area contributed by atoms with Gasteiger partial charge in [-0.15, -0.1) is 0 Å². The number of ether oxygens (including phenoxy) is 1. The molecule has 1 atom stereocenters. The first kappa shape index (κ1) is 14.6. The molecule has 110 valence electrons. The fraction of sp³-hybridized carbons (Fsp3) is 0.643. The maximum absolute atomic E-state index is 12.2. The van der Waals surface area contributed by atoms with Crippen LogP contribution in [0.3, 0.4) is 0 Å². The summed E-state index contributed by atoms with van der Waals surface area (Å²) in [4.78, 5) is 22.4. The highest BCUT2D eigenvalue weighted by molar-refractivity contribution is 5.84. The minimum absolute atomic E-state index is 0.0569. The quantitative estimate of drug-likeness (QED) is 0.887. The number of hydrogen-bond donors (Lipinski definition) is 1. The molecule has 0 aromatic carbocycles. The third-order valence-corrected chi connectivity index (χ3v) is 3.12. The highest BCUT2D eigenvalue weighted by Crippen LogP contribution is 2.13. The van der Waals surface area contributed by atoms with Gasteiger partial charge in [-0.3, -0.25) is 4.79 Å². The lowest BCUT2D eigenvalue weighted by atomic mass is 10.3. The Morgan fingerprint density at radius 3 is 2.70 bits per heavy atom. The van der Waals surface area contributed by atoms with Crippen molar-refractivity contribution >= 4 is 11.9 Å². The van der Waals surface area contributed by atoms with Crippen molar-refractivity contribution in [3.05, 3.63) is 12.3 Å². The molecule has 6 heteroatoms. The Morgan fingerprint density at radius 1 is 1.35 bits per heavy atom. The van der Waals surface area contributed by atoms with Crippen molar-refractivity contribution in [3.63, 3.8) is 0 Å². The summed E-state index contributed by atoms with van der Waals surface area (Å²) >= 11 is 0. The highest BCUT2D eigenvalue weighted by Gasteiger charge is 2.23. The molecule has 1 fully saturated rings. The molecule has 2 rings (SSSR count). The Hall–Kier alpha value is -1.85. The van der Waals surface area contributed by atoms with Crippen LogP contribution in [0.25, 0.3) is 0 Å². The maximum atomic E-state index is 12.2. The van der Waals surface area contributed by atoms with Gasteiger partial charge >= 0.3 is 0 Å². The van der Waals surface area contributed by atoms with Crippen molar-refractivity contribution < 1.29 is 9.53 Å². The lowest BCUT2D eigenvalue weighted by molar-refractivity contribution is -0.130. The van der Waals surface area contributed by atoms with Gasteiger partial charge in [-0.05, 0) is 33.6 Å². The van der Waals surface area contributed by atoms with Crippen LogP contribution in [0.5, 0.6) is 5.88 Å². The van der Waals surface area contributed by atoms with Crippen molar-refractivity contribution in [2.75, 3.05) is 18.4 Å². The van der Waals surface area contributed by atoms with Crippen molar-refractivity contribution in [2.24, 2.45) is 0 Å². The molecule has 6 nitrogen and oxygen atoms in total. The van der Waals surface area contributed by atoms with Crippen LogP contribution in [0.1, 0.15) is 33.6 Å². The van der Waals surface area contributed by atoms with E-state index in [9.17, 15) is 4.79 Å². The lowest BCUT2D eigenvalue weighted by Crippen LogP contribution is -2.40. The van der Waals surface area contributed by atoms with Gasteiger partial charge < -0.3 is 15.0 Å². The first-order valence-corrected chi connectivity index (χ1v) is 7.11. The van der Waals surface area contributed by atoms with E-state index in [0.29, 0.717) is 11.8 Å². The van der Waals surface area contributed by atoms with Crippen LogP contribution in [-0.2, 0) is 4.79 Å². The van der Waals surface area contributed by atoms with Crippen molar-refractivity contribution in [3.8, 4) is 5.88 Å². The minimum atomic E-state index is -0.331. The third-order valence-electron chi connectivity index (χ3n) is 3.12. The predicted octanol–water partition coefficient (Wildman–Crippen LogP) is 1.69. The number of hydrogen-bond acceptors (Lipinski definition) is 5. The number of carbonyl (C=O) groups is 1. The molecule has 1 N–H and O–H groups in total. The van der Waals surface area contributed by atoms with Gasteiger partial charge in [0.2, 0.25) is 17.7 Å². The van der Waals surface area contributed by atoms with Crippen molar-refractivity contribution in [1.82, 2.24) is 14.9 Å². The molecule has 0 radical (unpaired) electrons. The summed E-state index contributed by atoms with van der Waals surface area (Å²) in [6.45, 7) is 7.41. The molecular formula is C14H22N4O2. The second kappa shape index (κ2) is 6.54. The topological polar surface area (TPSA) is 67.3 Å². The van der Waals surface area contributed by atoms with Crippen LogP contribution in [0.15, 0.2) is 12.3 Å². The molecule has 0 bridgehead atoms. The Balaban J connectivity index is 1.96. The van der Waals surface area contributed by atoms with Gasteiger partial charge in [0.1, 0.15) is 6.04 Å². The SMILES string of the molecule is CC(C)Oc1ccnc(NC(C)C(=O)N2CCCC2)n1. The Morgan fingerprint density at radius 2 is 2.05 bits per heavy atom. The van der Waals surface area contributed by atoms with E-state index < -0.39 is 0 Å². The minimum Gasteiger partial charge on any atom is -0.475 e. The number of amides is 1. The Kier molecular flexibility index (Phi) is 4.76. The fourth-order valence-electron chi connectivity index (χ4n) is 2.19. The molecule has 0 spiro atoms. The van der Waals surface area contributed by atoms with Gasteiger partial charge in [0.15, 0.2) is 0 Å². The summed E-state index contributed by atoms with van der Waals surface area (Å²) in [5, 5.41) is 3.04. The third kappa shape index (κ3) is 3.82. The highest BCUT2D eigenvalue weighted by atomic mass is 16.5. The normalized spacial score (nSPS) is 16.3. The van der Waals surface area contributed by atoms with Crippen LogP contribution in [0, 0.1) is 0 Å². The number of carbonyl (C=O) groups excluding carboxylic acids is 1. The van der Waals surface area contributed by atoms with Gasteiger partial charge in [0, 0.05) is 25.4 Å². The van der Waals surface area contributed by atoms with E-state index >= 15 is 0 Å². The molecular weight excluding hydrogens is 256 g/mol. The number of likely N-dealkylation sites (tertiary alicyclic amines) is 1. The Labute approximate surface area is 119 Å². The smallest absolute Gasteiger partial charge is 0.244 e. The predicted molar refractivity (Wildman–Crippen MR) is 76.7 cm³/mol. The summed E-state index contributed by atoms with van der Waals surface area (Å²) in [7, 11) is 0. The van der Waals surface area contributed by atoms with Crippen molar-refractivity contribution in [1.29, 1.82) is 0 Å². The molecule has 0 saturated carbocycles. The first-order chi connectivity index (χ1) is 9.56. The lowest BCUT2D eigenvalue weighted by Gasteiger charge is -2.21. The van der Waals surface area contributed by atoms with Gasteiger partial charge in [0.25, 0.3) is 0 Å². The molecule has 2 heterocycles. The summed E-state index contributed by atoms with van der Waals surface area (Å²) in [6.07, 6.45) is 3.86. The molecule has 1 amide bonds. The fourth-order valence-corrected chi connectivity index (χ4v) is 2.19. The van der Waals surface area contributed by atoms with E-state index in [0.717, 1.165) is 25.9 Å². The van der Waals surface area contributed by atoms with E-state index in [-0.39, 0.29) is 18.1 Å². The number of rotatable bonds is 5. The second-order valence-electron chi connectivity index (χ2n) is 5.28. The monoisotopic (exact) mass is 278 g/mol. The summed E-state index contributed by atoms with van der Waals surface area (Å²) in [5.74, 6) is 1.03. The molecule has 1 aliphatic rings. The van der Waals surface area contributed by atoms with E-state index in [2.05, 4.69) is 15.3 Å². The Bertz CT molecular complexity index is 458. The van der Waals surface area contributed by atoms with E-state index in [4.69, 9.17) is 4.74 Å². The van der Waals surface area contributed by atoms with E-state index in [1.807, 2.05) is 25.7 Å². The molecule has 1 unspecified atom stereocenters. The molecule has 0 aliphatic carbocycles. The van der Waals surface area contributed by atoms with Gasteiger partial charge in [0.05, 0.1) is 6.10 Å². The number of aromatic nitrogens is 2. The maximum Gasteiger partial charge on any atom is 0.244 e.